The smallest absolute Gasteiger partial charge is 0.298 e. The van der Waals surface area contributed by atoms with Gasteiger partial charge in [-0.2, -0.15) is 13.2 Å². The third kappa shape index (κ3) is 5.26. The fourth-order valence-corrected chi connectivity index (χ4v) is 4.66. The quantitative estimate of drug-likeness (QED) is 0.344. The van der Waals surface area contributed by atoms with Crippen LogP contribution in [0.4, 0.5) is 29.1 Å². The number of fused-ring (bicyclic) bond motifs is 1. The molecule has 2 heterocycles. The van der Waals surface area contributed by atoms with Gasteiger partial charge in [0.05, 0.1) is 27.2 Å². The maximum absolute atomic E-state index is 13.1. The van der Waals surface area contributed by atoms with E-state index in [1.807, 2.05) is 24.3 Å². The number of halogens is 3. The lowest BCUT2D eigenvalue weighted by Crippen LogP contribution is -2.23. The zero-order valence-corrected chi connectivity index (χ0v) is 18.6. The largest absolute Gasteiger partial charge is 0.416 e. The highest BCUT2D eigenvalue weighted by Gasteiger charge is 2.31. The Labute approximate surface area is 194 Å². The summed E-state index contributed by atoms with van der Waals surface area (Å²) in [6.45, 7) is 1.24. The molecule has 2 aromatic carbocycles. The van der Waals surface area contributed by atoms with Gasteiger partial charge in [-0.05, 0) is 36.4 Å². The van der Waals surface area contributed by atoms with Crippen LogP contribution in [0.1, 0.15) is 18.2 Å². The van der Waals surface area contributed by atoms with Crippen LogP contribution in [0.2, 0.25) is 0 Å². The van der Waals surface area contributed by atoms with E-state index in [2.05, 4.69) is 15.3 Å². The van der Waals surface area contributed by atoms with E-state index in [1.54, 1.807) is 5.38 Å². The Bertz CT molecular complexity index is 1330. The highest BCUT2D eigenvalue weighted by molar-refractivity contribution is 7.22. The molecule has 0 saturated carbocycles. The summed E-state index contributed by atoms with van der Waals surface area (Å²) in [6.07, 6.45) is -1.81. The van der Waals surface area contributed by atoms with E-state index in [9.17, 15) is 22.8 Å². The van der Waals surface area contributed by atoms with Gasteiger partial charge in [-0.3, -0.25) is 19.8 Å². The summed E-state index contributed by atoms with van der Waals surface area (Å²) in [5, 5.41) is 4.92. The number of thiazole rings is 2. The van der Waals surface area contributed by atoms with Crippen LogP contribution >= 0.6 is 22.7 Å². The zero-order chi connectivity index (χ0) is 23.6. The lowest BCUT2D eigenvalue weighted by Gasteiger charge is -2.19. The topological polar surface area (TPSA) is 75.2 Å². The SMILES string of the molecule is CC(=O)N(c1cccc(C(F)(F)F)c1)c1nc(/C=C/C(=O)Nc2nc3ccccc3s2)cs1. The summed E-state index contributed by atoms with van der Waals surface area (Å²) in [5.74, 6) is -0.905. The van der Waals surface area contributed by atoms with Crippen molar-refractivity contribution in [3.05, 3.63) is 71.2 Å². The molecule has 0 spiro atoms. The Morgan fingerprint density at radius 3 is 2.61 bits per heavy atom. The Morgan fingerprint density at radius 1 is 1.09 bits per heavy atom. The van der Waals surface area contributed by atoms with Crippen molar-refractivity contribution in [2.24, 2.45) is 0 Å². The van der Waals surface area contributed by atoms with Crippen molar-refractivity contribution >= 4 is 66.7 Å². The number of anilines is 3. The van der Waals surface area contributed by atoms with E-state index in [1.165, 1.54) is 42.5 Å². The summed E-state index contributed by atoms with van der Waals surface area (Å²) in [6, 6.07) is 12.0. The molecule has 0 fully saturated rings. The molecule has 0 aliphatic rings. The fraction of sp³-hybridized carbons (Fsp3) is 0.0909. The molecule has 0 saturated heterocycles. The molecule has 0 aliphatic carbocycles. The Hall–Kier alpha value is -3.57. The standard InChI is InChI=1S/C22H15F3N4O2S2/c1-13(30)29(16-6-4-5-14(11-16)22(23,24)25)21-26-15(12-32-21)9-10-19(31)28-20-27-17-7-2-3-8-18(17)33-20/h2-12H,1H3,(H,27,28,31)/b10-9+. The van der Waals surface area contributed by atoms with Crippen molar-refractivity contribution < 1.29 is 22.8 Å². The number of rotatable bonds is 5. The molecular formula is C22H15F3N4O2S2. The molecule has 6 nitrogen and oxygen atoms in total. The summed E-state index contributed by atoms with van der Waals surface area (Å²) >= 11 is 2.42. The second-order valence-corrected chi connectivity index (χ2v) is 8.63. The van der Waals surface area contributed by atoms with Crippen LogP contribution < -0.4 is 10.2 Å². The van der Waals surface area contributed by atoms with Crippen molar-refractivity contribution in [2.75, 3.05) is 10.2 Å². The first kappa shape index (κ1) is 22.6. The zero-order valence-electron chi connectivity index (χ0n) is 17.0. The molecule has 168 valence electrons. The van der Waals surface area contributed by atoms with E-state index >= 15 is 0 Å². The van der Waals surface area contributed by atoms with Crippen LogP contribution in [-0.2, 0) is 15.8 Å². The van der Waals surface area contributed by atoms with Crippen LogP contribution in [0, 0.1) is 0 Å². The highest BCUT2D eigenvalue weighted by Crippen LogP contribution is 2.35. The average molecular weight is 489 g/mol. The minimum absolute atomic E-state index is 0.0517. The molecule has 33 heavy (non-hydrogen) atoms. The van der Waals surface area contributed by atoms with Crippen molar-refractivity contribution in [1.29, 1.82) is 0 Å². The highest BCUT2D eigenvalue weighted by atomic mass is 32.1. The molecule has 0 aliphatic heterocycles. The summed E-state index contributed by atoms with van der Waals surface area (Å²) in [7, 11) is 0. The van der Waals surface area contributed by atoms with Crippen LogP contribution in [0.15, 0.2) is 60.0 Å². The molecule has 0 unspecified atom stereocenters. The molecule has 2 amide bonds. The second kappa shape index (κ2) is 9.12. The van der Waals surface area contributed by atoms with E-state index in [0.717, 1.165) is 38.6 Å². The molecule has 4 rings (SSSR count). The Kier molecular flexibility index (Phi) is 6.25. The molecule has 1 N–H and O–H groups in total. The van der Waals surface area contributed by atoms with Crippen LogP contribution in [0.25, 0.3) is 16.3 Å². The first-order valence-corrected chi connectivity index (χ1v) is 11.2. The number of carbonyl (C=O) groups is 2. The van der Waals surface area contributed by atoms with Gasteiger partial charge in [-0.15, -0.1) is 11.3 Å². The van der Waals surface area contributed by atoms with Gasteiger partial charge in [-0.1, -0.05) is 29.5 Å². The van der Waals surface area contributed by atoms with Gasteiger partial charge in [-0.25, -0.2) is 9.97 Å². The Balaban J connectivity index is 1.50. The number of carbonyl (C=O) groups excluding carboxylic acids is 2. The van der Waals surface area contributed by atoms with Gasteiger partial charge in [0.15, 0.2) is 10.3 Å². The molecular weight excluding hydrogens is 473 g/mol. The van der Waals surface area contributed by atoms with Gasteiger partial charge in [0.25, 0.3) is 0 Å². The monoisotopic (exact) mass is 488 g/mol. The number of nitrogens with zero attached hydrogens (tertiary/aromatic N) is 3. The molecule has 11 heteroatoms. The van der Waals surface area contributed by atoms with Crippen molar-refractivity contribution in [2.45, 2.75) is 13.1 Å². The van der Waals surface area contributed by atoms with E-state index in [4.69, 9.17) is 0 Å². The van der Waals surface area contributed by atoms with E-state index < -0.39 is 23.6 Å². The summed E-state index contributed by atoms with van der Waals surface area (Å²) in [4.78, 5) is 34.1. The molecule has 0 radical (unpaired) electrons. The fourth-order valence-electron chi connectivity index (χ4n) is 2.94. The molecule has 2 aromatic heterocycles. The minimum atomic E-state index is -4.54. The van der Waals surface area contributed by atoms with E-state index in [0.29, 0.717) is 10.8 Å². The number of hydrogen-bond donors (Lipinski definition) is 1. The second-order valence-electron chi connectivity index (χ2n) is 6.77. The predicted octanol–water partition coefficient (Wildman–Crippen LogP) is 6.11. The van der Waals surface area contributed by atoms with Crippen LogP contribution in [-0.4, -0.2) is 21.8 Å². The van der Waals surface area contributed by atoms with Gasteiger partial charge in [0.1, 0.15) is 0 Å². The maximum Gasteiger partial charge on any atom is 0.416 e. The van der Waals surface area contributed by atoms with Crippen LogP contribution in [0.5, 0.6) is 0 Å². The first-order chi connectivity index (χ1) is 15.7. The van der Waals surface area contributed by atoms with Gasteiger partial charge >= 0.3 is 6.18 Å². The van der Waals surface area contributed by atoms with Gasteiger partial charge in [0, 0.05) is 18.4 Å². The number of hydrogen-bond acceptors (Lipinski definition) is 6. The minimum Gasteiger partial charge on any atom is -0.298 e. The maximum atomic E-state index is 13.1. The van der Waals surface area contributed by atoms with Gasteiger partial charge in [0.2, 0.25) is 11.8 Å². The molecule has 0 bridgehead atoms. The summed E-state index contributed by atoms with van der Waals surface area (Å²) < 4.78 is 40.1. The third-order valence-corrected chi connectivity index (χ3v) is 6.17. The summed E-state index contributed by atoms with van der Waals surface area (Å²) in [5.41, 5.74) is 0.350. The third-order valence-electron chi connectivity index (χ3n) is 4.38. The van der Waals surface area contributed by atoms with Crippen molar-refractivity contribution in [3.8, 4) is 0 Å². The number of benzene rings is 2. The Morgan fingerprint density at radius 2 is 1.88 bits per heavy atom. The normalized spacial score (nSPS) is 11.8. The number of nitrogens with one attached hydrogen (secondary N) is 1. The molecule has 0 atom stereocenters. The van der Waals surface area contributed by atoms with Crippen molar-refractivity contribution in [3.63, 3.8) is 0 Å². The molecule has 4 aromatic rings. The number of para-hydroxylation sites is 1. The predicted molar refractivity (Wildman–Crippen MR) is 124 cm³/mol. The average Bonchev–Trinajstić information content (AvgIpc) is 3.38. The van der Waals surface area contributed by atoms with E-state index in [-0.39, 0.29) is 10.8 Å². The van der Waals surface area contributed by atoms with Crippen LogP contribution in [0.3, 0.4) is 0 Å². The number of alkyl halides is 3. The lowest BCUT2D eigenvalue weighted by atomic mass is 10.2. The van der Waals surface area contributed by atoms with Gasteiger partial charge < -0.3 is 0 Å². The lowest BCUT2D eigenvalue weighted by molar-refractivity contribution is -0.137. The van der Waals surface area contributed by atoms with Crippen molar-refractivity contribution in [1.82, 2.24) is 9.97 Å². The number of amides is 2. The first-order valence-electron chi connectivity index (χ1n) is 9.49. The number of aromatic nitrogens is 2.